The van der Waals surface area contributed by atoms with E-state index < -0.39 is 12.2 Å². The summed E-state index contributed by atoms with van der Waals surface area (Å²) in [6, 6.07) is 10.1. The molecular weight excluding hydrogens is 509 g/mol. The molecule has 220 valence electrons. The van der Waals surface area contributed by atoms with Crippen LogP contribution in [0.4, 0.5) is 0 Å². The molecule has 6 atom stereocenters. The van der Waals surface area contributed by atoms with E-state index in [1.54, 1.807) is 0 Å². The smallest absolute Gasteiger partial charge is 0.404 e. The molecule has 0 aromatic heterocycles. The van der Waals surface area contributed by atoms with Crippen molar-refractivity contribution in [2.45, 2.75) is 97.2 Å². The molecule has 10 nitrogen and oxygen atoms in total. The molecule has 4 fully saturated rings. The first-order chi connectivity index (χ1) is 18.9. The van der Waals surface area contributed by atoms with Crippen molar-refractivity contribution in [1.82, 2.24) is 10.7 Å². The van der Waals surface area contributed by atoms with Gasteiger partial charge in [0.2, 0.25) is 5.91 Å². The Kier molecular flexibility index (Phi) is 9.45. The van der Waals surface area contributed by atoms with E-state index >= 15 is 0 Å². The van der Waals surface area contributed by atoms with Crippen molar-refractivity contribution in [2.75, 3.05) is 6.54 Å². The number of hydrazine groups is 1. The molecule has 2 bridgehead atoms. The Morgan fingerprint density at radius 3 is 2.60 bits per heavy atom. The number of guanidine groups is 1. The summed E-state index contributed by atoms with van der Waals surface area (Å²) in [5, 5.41) is 13.2. The predicted octanol–water partition coefficient (Wildman–Crippen LogP) is 3.91. The zero-order chi connectivity index (χ0) is 29.1. The van der Waals surface area contributed by atoms with Crippen molar-refractivity contribution in [3.05, 3.63) is 46.0 Å². The summed E-state index contributed by atoms with van der Waals surface area (Å²) in [6.07, 6.45) is 5.64. The summed E-state index contributed by atoms with van der Waals surface area (Å²) in [6.45, 7) is 11.5. The fourth-order valence-electron chi connectivity index (χ4n) is 7.18. The highest BCUT2D eigenvalue weighted by Gasteiger charge is 2.68. The van der Waals surface area contributed by atoms with Crippen molar-refractivity contribution >= 4 is 19.0 Å². The summed E-state index contributed by atoms with van der Waals surface area (Å²) >= 11 is 0. The molecule has 0 unspecified atom stereocenters. The minimum atomic E-state index is -0.738. The summed E-state index contributed by atoms with van der Waals surface area (Å²) in [5.41, 5.74) is 8.51. The maximum Gasteiger partial charge on any atom is 0.481 e. The van der Waals surface area contributed by atoms with Crippen LogP contribution in [0.2, 0.25) is 0 Å². The molecule has 0 spiro atoms. The third-order valence-corrected chi connectivity index (χ3v) is 9.54. The molecule has 1 aliphatic heterocycles. The van der Waals surface area contributed by atoms with E-state index in [1.165, 1.54) is 12.0 Å². The van der Waals surface area contributed by atoms with Gasteiger partial charge in [0.05, 0.1) is 17.6 Å². The molecule has 5 rings (SSSR count). The fourth-order valence-corrected chi connectivity index (χ4v) is 7.18. The van der Waals surface area contributed by atoms with Crippen LogP contribution < -0.4 is 16.5 Å². The zero-order valence-corrected chi connectivity index (χ0v) is 24.6. The number of carbonyl (C=O) groups excluding carboxylic acids is 1. The van der Waals surface area contributed by atoms with Crippen LogP contribution in [0.5, 0.6) is 0 Å². The van der Waals surface area contributed by atoms with Gasteiger partial charge >= 0.3 is 7.12 Å². The number of hydrogen-bond acceptors (Lipinski definition) is 6. The predicted molar refractivity (Wildman–Crippen MR) is 156 cm³/mol. The van der Waals surface area contributed by atoms with Gasteiger partial charge in [0, 0.05) is 12.5 Å². The Bertz CT molecular complexity index is 1070. The second kappa shape index (κ2) is 12.5. The molecule has 11 heteroatoms. The van der Waals surface area contributed by atoms with Crippen LogP contribution in [-0.2, 0) is 20.5 Å². The van der Waals surface area contributed by atoms with Gasteiger partial charge in [-0.15, -0.1) is 0 Å². The Morgan fingerprint density at radius 1 is 1.23 bits per heavy atom. The van der Waals surface area contributed by atoms with Gasteiger partial charge in [-0.2, -0.15) is 0 Å². The van der Waals surface area contributed by atoms with E-state index in [2.05, 4.69) is 57.1 Å². The number of amides is 1. The van der Waals surface area contributed by atoms with Crippen LogP contribution in [0, 0.1) is 39.2 Å². The van der Waals surface area contributed by atoms with Crippen LogP contribution >= 0.6 is 0 Å². The Hall–Kier alpha value is -2.66. The SMILES string of the molecule is CC(C)C[C@H](NC(=O)[C@H](CCCN=C(N)N[N+](=O)[O-])CCc1ccccc1)B1O[C@@H]2C[C@@H]3C[C@@H](C3(C)C)[C@]2(C)O1. The largest absolute Gasteiger partial charge is 0.481 e. The molecule has 3 saturated carbocycles. The molecule has 1 aromatic carbocycles. The van der Waals surface area contributed by atoms with Crippen molar-refractivity contribution in [3.8, 4) is 0 Å². The molecule has 40 heavy (non-hydrogen) atoms. The lowest BCUT2D eigenvalue weighted by atomic mass is 9.43. The molecule has 1 saturated heterocycles. The van der Waals surface area contributed by atoms with Crippen LogP contribution in [0.3, 0.4) is 0 Å². The third-order valence-electron chi connectivity index (χ3n) is 9.54. The van der Waals surface area contributed by atoms with E-state index in [0.717, 1.165) is 19.3 Å². The minimum absolute atomic E-state index is 0.0150. The average Bonchev–Trinajstić information content (AvgIpc) is 3.25. The number of aryl methyl sites for hydroxylation is 1. The Labute approximate surface area is 238 Å². The van der Waals surface area contributed by atoms with E-state index in [0.29, 0.717) is 43.6 Å². The highest BCUT2D eigenvalue weighted by Crippen LogP contribution is 2.65. The number of aliphatic imine (C=N–C) groups is 1. The van der Waals surface area contributed by atoms with Crippen LogP contribution in [0.15, 0.2) is 35.3 Å². The molecule has 0 radical (unpaired) electrons. The fraction of sp³-hybridized carbons (Fsp3) is 0.724. The van der Waals surface area contributed by atoms with Gasteiger partial charge < -0.3 is 20.4 Å². The molecule has 4 aliphatic rings. The Balaban J connectivity index is 1.42. The van der Waals surface area contributed by atoms with E-state index in [-0.39, 0.29) is 40.8 Å². The van der Waals surface area contributed by atoms with Crippen molar-refractivity contribution < 1.29 is 19.1 Å². The van der Waals surface area contributed by atoms with Gasteiger partial charge in [0.1, 0.15) is 0 Å². The summed E-state index contributed by atoms with van der Waals surface area (Å²) in [7, 11) is -0.469. The topological polar surface area (TPSA) is 141 Å². The first-order valence-corrected chi connectivity index (χ1v) is 14.8. The van der Waals surface area contributed by atoms with Crippen molar-refractivity contribution in [2.24, 2.45) is 39.8 Å². The normalized spacial score (nSPS) is 28.4. The standard InChI is InChI=1S/C29H46BN5O5/c1-19(2)16-25(30-39-24-18-22-17-23(28(22,3)4)29(24,5)40-30)33-26(36)21(14-13-20-10-7-6-8-11-20)12-9-15-32-27(31)34-35(37)38/h6-8,10-11,19,21-25H,9,12-18H2,1-5H3,(H,33,36)(H3,31,32,34)/t21-,22+,23+,24-,25+,29+/m1/s1. The van der Waals surface area contributed by atoms with Gasteiger partial charge in [-0.3, -0.25) is 4.79 Å². The second-order valence-electron chi connectivity index (χ2n) is 13.1. The van der Waals surface area contributed by atoms with E-state index in [1.807, 2.05) is 23.6 Å². The average molecular weight is 556 g/mol. The highest BCUT2D eigenvalue weighted by molar-refractivity contribution is 6.47. The number of hydrogen-bond donors (Lipinski definition) is 3. The number of nitrogens with two attached hydrogens (primary N) is 1. The highest BCUT2D eigenvalue weighted by atomic mass is 16.7. The zero-order valence-electron chi connectivity index (χ0n) is 24.6. The third kappa shape index (κ3) is 6.79. The van der Waals surface area contributed by atoms with Crippen LogP contribution in [-0.4, -0.2) is 48.2 Å². The van der Waals surface area contributed by atoms with Crippen LogP contribution in [0.25, 0.3) is 0 Å². The number of nitrogens with zero attached hydrogens (tertiary/aromatic N) is 2. The lowest BCUT2D eigenvalue weighted by Crippen LogP contribution is -2.65. The van der Waals surface area contributed by atoms with Crippen molar-refractivity contribution in [1.29, 1.82) is 0 Å². The van der Waals surface area contributed by atoms with E-state index in [9.17, 15) is 14.9 Å². The van der Waals surface area contributed by atoms with Gasteiger partial charge in [-0.05, 0) is 80.6 Å². The maximum absolute atomic E-state index is 13.8. The van der Waals surface area contributed by atoms with E-state index in [4.69, 9.17) is 15.0 Å². The van der Waals surface area contributed by atoms with Gasteiger partial charge in [-0.1, -0.05) is 63.5 Å². The second-order valence-corrected chi connectivity index (χ2v) is 13.1. The first kappa shape index (κ1) is 30.3. The number of benzene rings is 1. The molecule has 1 aromatic rings. The number of rotatable bonds is 13. The summed E-state index contributed by atoms with van der Waals surface area (Å²) in [4.78, 5) is 28.4. The number of nitro groups is 1. The molecular formula is C29H46BN5O5. The summed E-state index contributed by atoms with van der Waals surface area (Å²) in [5.74, 6) is 0.731. The minimum Gasteiger partial charge on any atom is -0.404 e. The quantitative estimate of drug-likeness (QED) is 0.0837. The maximum atomic E-state index is 13.8. The van der Waals surface area contributed by atoms with Gasteiger partial charge in [0.25, 0.3) is 5.96 Å². The summed E-state index contributed by atoms with van der Waals surface area (Å²) < 4.78 is 13.3. The van der Waals surface area contributed by atoms with Crippen LogP contribution in [0.1, 0.15) is 78.7 Å². The number of nitrogens with one attached hydrogen (secondary N) is 2. The lowest BCUT2D eigenvalue weighted by molar-refractivity contribution is -0.525. The molecule has 1 amide bonds. The number of carbonyl (C=O) groups is 1. The molecule has 1 heterocycles. The molecule has 3 aliphatic carbocycles. The van der Waals surface area contributed by atoms with Gasteiger partial charge in [0.15, 0.2) is 5.03 Å². The Morgan fingerprint density at radius 2 is 1.95 bits per heavy atom. The van der Waals surface area contributed by atoms with Gasteiger partial charge in [-0.25, -0.2) is 15.1 Å². The van der Waals surface area contributed by atoms with Crippen molar-refractivity contribution in [3.63, 3.8) is 0 Å². The monoisotopic (exact) mass is 555 g/mol. The first-order valence-electron chi connectivity index (χ1n) is 14.8. The lowest BCUT2D eigenvalue weighted by Gasteiger charge is -2.64. The molecule has 4 N–H and O–H groups in total.